The molecule has 156 valence electrons. The number of benzene rings is 2. The van der Waals surface area contributed by atoms with E-state index in [4.69, 9.17) is 0 Å². The minimum Gasteiger partial charge on any atom is -0.325 e. The predicted molar refractivity (Wildman–Crippen MR) is 122 cm³/mol. The molecule has 2 aromatic carbocycles. The van der Waals surface area contributed by atoms with E-state index in [0.29, 0.717) is 0 Å². The van der Waals surface area contributed by atoms with Crippen molar-refractivity contribution in [3.8, 4) is 0 Å². The topological polar surface area (TPSA) is 71.8 Å². The van der Waals surface area contributed by atoms with E-state index in [1.807, 2.05) is 37.6 Å². The maximum absolute atomic E-state index is 13.4. The summed E-state index contributed by atoms with van der Waals surface area (Å²) in [5, 5.41) is 12.0. The molecule has 0 saturated carbocycles. The summed E-state index contributed by atoms with van der Waals surface area (Å²) in [5.41, 5.74) is 8.86. The molecule has 0 bridgehead atoms. The molecule has 2 atom stereocenters. The summed E-state index contributed by atoms with van der Waals surface area (Å²) in [6, 6.07) is 14.4. The molecule has 1 aromatic heterocycles. The SMILES string of the molecule is CCc1ccc([C@H]2Nn3c(CC)nnc3S[C@H]2C(=O)Nc2cc(C)ccc2C)cc1. The third kappa shape index (κ3) is 3.94. The van der Waals surface area contributed by atoms with Crippen molar-refractivity contribution in [2.24, 2.45) is 0 Å². The molecule has 0 unspecified atom stereocenters. The van der Waals surface area contributed by atoms with E-state index < -0.39 is 0 Å². The van der Waals surface area contributed by atoms with Gasteiger partial charge in [-0.25, -0.2) is 4.68 Å². The van der Waals surface area contributed by atoms with Crippen LogP contribution in [0.4, 0.5) is 5.69 Å². The van der Waals surface area contributed by atoms with Crippen LogP contribution in [0.5, 0.6) is 0 Å². The average Bonchev–Trinajstić information content (AvgIpc) is 3.17. The number of fused-ring (bicyclic) bond motifs is 1. The van der Waals surface area contributed by atoms with Gasteiger partial charge in [0, 0.05) is 12.1 Å². The van der Waals surface area contributed by atoms with Crippen molar-refractivity contribution in [3.05, 3.63) is 70.5 Å². The lowest BCUT2D eigenvalue weighted by atomic mass is 10.0. The van der Waals surface area contributed by atoms with E-state index in [9.17, 15) is 4.79 Å². The summed E-state index contributed by atoms with van der Waals surface area (Å²) in [5.74, 6) is 0.819. The van der Waals surface area contributed by atoms with E-state index in [-0.39, 0.29) is 17.2 Å². The number of hydrogen-bond donors (Lipinski definition) is 2. The quantitative estimate of drug-likeness (QED) is 0.638. The summed E-state index contributed by atoms with van der Waals surface area (Å²) in [4.78, 5) is 13.4. The molecule has 4 rings (SSSR count). The van der Waals surface area contributed by atoms with E-state index in [1.54, 1.807) is 0 Å². The molecule has 3 aromatic rings. The molecule has 1 amide bonds. The Morgan fingerprint density at radius 2 is 1.87 bits per heavy atom. The maximum atomic E-state index is 13.4. The molecule has 6 nitrogen and oxygen atoms in total. The normalized spacial score (nSPS) is 17.9. The first-order chi connectivity index (χ1) is 14.5. The first-order valence-corrected chi connectivity index (χ1v) is 11.2. The Bertz CT molecular complexity index is 1060. The highest BCUT2D eigenvalue weighted by Gasteiger charge is 2.37. The molecule has 0 saturated heterocycles. The van der Waals surface area contributed by atoms with Gasteiger partial charge in [-0.15, -0.1) is 10.2 Å². The molecular weight excluding hydrogens is 394 g/mol. The van der Waals surface area contributed by atoms with Gasteiger partial charge in [0.25, 0.3) is 0 Å². The van der Waals surface area contributed by atoms with E-state index in [1.165, 1.54) is 17.3 Å². The van der Waals surface area contributed by atoms with Crippen LogP contribution in [-0.2, 0) is 17.6 Å². The third-order valence-corrected chi connectivity index (χ3v) is 6.69. The second-order valence-corrected chi connectivity index (χ2v) is 8.74. The van der Waals surface area contributed by atoms with Crippen LogP contribution >= 0.6 is 11.8 Å². The number of anilines is 1. The van der Waals surface area contributed by atoms with Crippen LogP contribution in [0.2, 0.25) is 0 Å². The molecule has 2 heterocycles. The highest BCUT2D eigenvalue weighted by atomic mass is 32.2. The van der Waals surface area contributed by atoms with Crippen LogP contribution in [0.1, 0.15) is 48.0 Å². The lowest BCUT2D eigenvalue weighted by molar-refractivity contribution is -0.116. The monoisotopic (exact) mass is 421 g/mol. The van der Waals surface area contributed by atoms with Gasteiger partial charge < -0.3 is 10.7 Å². The number of thioether (sulfide) groups is 1. The summed E-state index contributed by atoms with van der Waals surface area (Å²) >= 11 is 1.46. The lowest BCUT2D eigenvalue weighted by Gasteiger charge is -2.33. The van der Waals surface area contributed by atoms with Crippen molar-refractivity contribution in [1.82, 2.24) is 14.9 Å². The van der Waals surface area contributed by atoms with E-state index in [2.05, 4.69) is 58.2 Å². The summed E-state index contributed by atoms with van der Waals surface area (Å²) in [6.45, 7) is 8.22. The number of nitrogens with zero attached hydrogens (tertiary/aromatic N) is 3. The zero-order chi connectivity index (χ0) is 21.3. The average molecular weight is 422 g/mol. The Labute approximate surface area is 181 Å². The molecule has 30 heavy (non-hydrogen) atoms. The maximum Gasteiger partial charge on any atom is 0.240 e. The van der Waals surface area contributed by atoms with Crippen molar-refractivity contribution < 1.29 is 4.79 Å². The Morgan fingerprint density at radius 3 is 2.57 bits per heavy atom. The molecular formula is C23H27N5OS. The molecule has 1 aliphatic heterocycles. The van der Waals surface area contributed by atoms with E-state index >= 15 is 0 Å². The molecule has 7 heteroatoms. The van der Waals surface area contributed by atoms with Gasteiger partial charge in [-0.05, 0) is 48.6 Å². The molecule has 0 fully saturated rings. The predicted octanol–water partition coefficient (Wildman–Crippen LogP) is 4.42. The van der Waals surface area contributed by atoms with Gasteiger partial charge in [0.05, 0.1) is 6.04 Å². The van der Waals surface area contributed by atoms with Gasteiger partial charge in [-0.2, -0.15) is 0 Å². The number of nitrogens with one attached hydrogen (secondary N) is 2. The van der Waals surface area contributed by atoms with Crippen molar-refractivity contribution in [2.75, 3.05) is 10.7 Å². The fourth-order valence-electron chi connectivity index (χ4n) is 3.61. The van der Waals surface area contributed by atoms with Crippen LogP contribution in [0.25, 0.3) is 0 Å². The van der Waals surface area contributed by atoms with Crippen LogP contribution in [-0.4, -0.2) is 26.0 Å². The van der Waals surface area contributed by atoms with Crippen LogP contribution in [0.3, 0.4) is 0 Å². The molecule has 2 N–H and O–H groups in total. The molecule has 1 aliphatic rings. The van der Waals surface area contributed by atoms with Gasteiger partial charge in [-0.3, -0.25) is 4.79 Å². The van der Waals surface area contributed by atoms with Crippen LogP contribution in [0.15, 0.2) is 47.6 Å². The zero-order valence-electron chi connectivity index (χ0n) is 17.8. The van der Waals surface area contributed by atoms with Crippen molar-refractivity contribution in [1.29, 1.82) is 0 Å². The fourth-order valence-corrected chi connectivity index (χ4v) is 4.71. The number of carbonyl (C=O) groups is 1. The highest BCUT2D eigenvalue weighted by molar-refractivity contribution is 8.00. The fraction of sp³-hybridized carbons (Fsp3) is 0.348. The summed E-state index contributed by atoms with van der Waals surface area (Å²) in [7, 11) is 0. The molecule has 0 radical (unpaired) electrons. The third-order valence-electron chi connectivity index (χ3n) is 5.48. The number of hydrogen-bond acceptors (Lipinski definition) is 5. The zero-order valence-corrected chi connectivity index (χ0v) is 18.6. The Kier molecular flexibility index (Phi) is 5.81. The number of aromatic nitrogens is 3. The molecule has 0 spiro atoms. The number of rotatable bonds is 5. The largest absolute Gasteiger partial charge is 0.325 e. The number of carbonyl (C=O) groups excluding carboxylic acids is 1. The van der Waals surface area contributed by atoms with Crippen LogP contribution in [0, 0.1) is 13.8 Å². The minimum atomic E-state index is -0.376. The van der Waals surface area contributed by atoms with Crippen molar-refractivity contribution >= 4 is 23.4 Å². The Balaban J connectivity index is 1.68. The number of aryl methyl sites for hydroxylation is 4. The number of amides is 1. The first-order valence-electron chi connectivity index (χ1n) is 10.3. The standard InChI is InChI=1S/C23H27N5OS/c1-5-16-9-11-17(12-10-16)20-21(30-23-26-25-19(6-2)28(23)27-20)22(29)24-18-13-14(3)7-8-15(18)4/h7-13,20-21,27H,5-6H2,1-4H3,(H,24,29)/t20-,21-/m1/s1. The van der Waals surface area contributed by atoms with Crippen molar-refractivity contribution in [3.63, 3.8) is 0 Å². The van der Waals surface area contributed by atoms with Gasteiger partial charge in [0.2, 0.25) is 11.1 Å². The van der Waals surface area contributed by atoms with E-state index in [0.717, 1.165) is 46.2 Å². The second-order valence-electron chi connectivity index (χ2n) is 7.64. The molecule has 0 aliphatic carbocycles. The first kappa shape index (κ1) is 20.5. The smallest absolute Gasteiger partial charge is 0.240 e. The van der Waals surface area contributed by atoms with Gasteiger partial charge in [0.1, 0.15) is 5.25 Å². The van der Waals surface area contributed by atoms with Gasteiger partial charge in [-0.1, -0.05) is 62.0 Å². The second kappa shape index (κ2) is 8.52. The highest BCUT2D eigenvalue weighted by Crippen LogP contribution is 2.38. The summed E-state index contributed by atoms with van der Waals surface area (Å²) < 4.78 is 1.92. The van der Waals surface area contributed by atoms with Gasteiger partial charge in [0.15, 0.2) is 5.82 Å². The Morgan fingerprint density at radius 1 is 1.10 bits per heavy atom. The van der Waals surface area contributed by atoms with Crippen molar-refractivity contribution in [2.45, 2.75) is 57.0 Å². The lowest BCUT2D eigenvalue weighted by Crippen LogP contribution is -2.41. The van der Waals surface area contributed by atoms with Gasteiger partial charge >= 0.3 is 0 Å². The Hall–Kier alpha value is -2.80. The minimum absolute atomic E-state index is 0.0435. The van der Waals surface area contributed by atoms with Crippen LogP contribution < -0.4 is 10.7 Å². The summed E-state index contributed by atoms with van der Waals surface area (Å²) in [6.07, 6.45) is 1.75.